The zero-order valence-corrected chi connectivity index (χ0v) is 11.3. The fraction of sp³-hybridized carbons (Fsp3) is 0.176. The van der Waals surface area contributed by atoms with Gasteiger partial charge in [-0.25, -0.2) is 4.79 Å². The van der Waals surface area contributed by atoms with Gasteiger partial charge in [-0.3, -0.25) is 4.79 Å². The topological polar surface area (TPSA) is 66.4 Å². The first-order valence-corrected chi connectivity index (χ1v) is 6.79. The van der Waals surface area contributed by atoms with Gasteiger partial charge in [-0.2, -0.15) is 0 Å². The van der Waals surface area contributed by atoms with E-state index < -0.39 is 11.5 Å². The molecular weight excluding hydrogens is 266 g/mol. The van der Waals surface area contributed by atoms with Crippen LogP contribution in [0.4, 0.5) is 0 Å². The van der Waals surface area contributed by atoms with Crippen LogP contribution in [-0.2, 0) is 4.79 Å². The minimum atomic E-state index is -1.19. The van der Waals surface area contributed by atoms with Gasteiger partial charge in [0.1, 0.15) is 5.54 Å². The van der Waals surface area contributed by atoms with Crippen molar-refractivity contribution in [1.29, 1.82) is 0 Å². The summed E-state index contributed by atoms with van der Waals surface area (Å²) in [6, 6.07) is 18.1. The molecular formula is C17H15NO3. The molecule has 1 saturated carbocycles. The van der Waals surface area contributed by atoms with Gasteiger partial charge in [-0.05, 0) is 24.1 Å². The number of hydrogen-bond acceptors (Lipinski definition) is 2. The molecule has 1 amide bonds. The van der Waals surface area contributed by atoms with Gasteiger partial charge in [0.2, 0.25) is 0 Å². The van der Waals surface area contributed by atoms with Gasteiger partial charge >= 0.3 is 5.97 Å². The average Bonchev–Trinajstić information content (AvgIpc) is 3.25. The van der Waals surface area contributed by atoms with E-state index in [-0.39, 0.29) is 11.8 Å². The Kier molecular flexibility index (Phi) is 3.22. The van der Waals surface area contributed by atoms with Crippen LogP contribution in [0.1, 0.15) is 28.3 Å². The molecule has 0 radical (unpaired) electrons. The number of carboxylic acids is 1. The SMILES string of the molecule is O=C(NC1(C(=O)O)CC1c1ccccc1)c1ccccc1. The van der Waals surface area contributed by atoms with Crippen molar-refractivity contribution in [3.05, 3.63) is 71.8 Å². The summed E-state index contributed by atoms with van der Waals surface area (Å²) in [6.45, 7) is 0. The van der Waals surface area contributed by atoms with Crippen molar-refractivity contribution >= 4 is 11.9 Å². The number of nitrogens with one attached hydrogen (secondary N) is 1. The number of aliphatic carboxylic acids is 1. The van der Waals surface area contributed by atoms with Crippen LogP contribution < -0.4 is 5.32 Å². The summed E-state index contributed by atoms with van der Waals surface area (Å²) in [7, 11) is 0. The Bertz CT molecular complexity index is 669. The highest BCUT2D eigenvalue weighted by Gasteiger charge is 2.62. The lowest BCUT2D eigenvalue weighted by Crippen LogP contribution is -2.44. The summed E-state index contributed by atoms with van der Waals surface area (Å²) in [6.07, 6.45) is 0.422. The third-order valence-corrected chi connectivity index (χ3v) is 3.92. The van der Waals surface area contributed by atoms with Crippen molar-refractivity contribution in [3.8, 4) is 0 Å². The molecule has 1 fully saturated rings. The molecule has 0 spiro atoms. The Morgan fingerprint density at radius 1 is 1.00 bits per heavy atom. The molecule has 21 heavy (non-hydrogen) atoms. The second kappa shape index (κ2) is 5.05. The summed E-state index contributed by atoms with van der Waals surface area (Å²) in [5, 5.41) is 12.2. The summed E-state index contributed by atoms with van der Waals surface area (Å²) >= 11 is 0. The Labute approximate surface area is 122 Å². The van der Waals surface area contributed by atoms with Gasteiger partial charge in [0.25, 0.3) is 5.91 Å². The number of hydrogen-bond donors (Lipinski definition) is 2. The van der Waals surface area contributed by atoms with E-state index in [0.29, 0.717) is 12.0 Å². The fourth-order valence-corrected chi connectivity index (χ4v) is 2.64. The number of amides is 1. The number of benzene rings is 2. The molecule has 2 aromatic rings. The number of carboxylic acid groups (broad SMARTS) is 1. The second-order valence-electron chi connectivity index (χ2n) is 5.26. The van der Waals surface area contributed by atoms with E-state index in [1.54, 1.807) is 24.3 Å². The molecule has 0 aromatic heterocycles. The zero-order chi connectivity index (χ0) is 14.9. The molecule has 1 aliphatic carbocycles. The number of carbonyl (C=O) groups is 2. The molecule has 1 aliphatic rings. The van der Waals surface area contributed by atoms with Gasteiger partial charge < -0.3 is 10.4 Å². The lowest BCUT2D eigenvalue weighted by atomic mass is 10.1. The van der Waals surface area contributed by atoms with Crippen molar-refractivity contribution in [2.75, 3.05) is 0 Å². The first-order chi connectivity index (χ1) is 10.1. The molecule has 0 aliphatic heterocycles. The largest absolute Gasteiger partial charge is 0.479 e. The van der Waals surface area contributed by atoms with E-state index in [9.17, 15) is 14.7 Å². The third-order valence-electron chi connectivity index (χ3n) is 3.92. The van der Waals surface area contributed by atoms with Gasteiger partial charge in [-0.1, -0.05) is 48.5 Å². The van der Waals surface area contributed by atoms with E-state index in [2.05, 4.69) is 5.32 Å². The van der Waals surface area contributed by atoms with Crippen LogP contribution in [0.25, 0.3) is 0 Å². The van der Waals surface area contributed by atoms with Crippen molar-refractivity contribution in [1.82, 2.24) is 5.32 Å². The van der Waals surface area contributed by atoms with Crippen LogP contribution in [-0.4, -0.2) is 22.5 Å². The quantitative estimate of drug-likeness (QED) is 0.904. The minimum Gasteiger partial charge on any atom is -0.479 e. The lowest BCUT2D eigenvalue weighted by molar-refractivity contribution is -0.140. The first-order valence-electron chi connectivity index (χ1n) is 6.79. The zero-order valence-electron chi connectivity index (χ0n) is 11.3. The molecule has 3 rings (SSSR count). The van der Waals surface area contributed by atoms with Gasteiger partial charge in [0.15, 0.2) is 0 Å². The van der Waals surface area contributed by atoms with Crippen molar-refractivity contribution in [2.45, 2.75) is 17.9 Å². The highest BCUT2D eigenvalue weighted by molar-refractivity contribution is 5.99. The summed E-state index contributed by atoms with van der Waals surface area (Å²) in [4.78, 5) is 23.8. The summed E-state index contributed by atoms with van der Waals surface area (Å²) in [5.41, 5.74) is 0.221. The molecule has 0 saturated heterocycles. The number of carbonyl (C=O) groups excluding carboxylic acids is 1. The predicted molar refractivity (Wildman–Crippen MR) is 78.1 cm³/mol. The first kappa shape index (κ1) is 13.4. The highest BCUT2D eigenvalue weighted by Crippen LogP contribution is 2.51. The van der Waals surface area contributed by atoms with E-state index >= 15 is 0 Å². The molecule has 2 aromatic carbocycles. The summed E-state index contributed by atoms with van der Waals surface area (Å²) < 4.78 is 0. The molecule has 2 atom stereocenters. The van der Waals surface area contributed by atoms with E-state index in [1.165, 1.54) is 0 Å². The van der Waals surface area contributed by atoms with Crippen LogP contribution in [0.2, 0.25) is 0 Å². The fourth-order valence-electron chi connectivity index (χ4n) is 2.64. The smallest absolute Gasteiger partial charge is 0.330 e. The van der Waals surface area contributed by atoms with Crippen molar-refractivity contribution in [3.63, 3.8) is 0 Å². The summed E-state index contributed by atoms with van der Waals surface area (Å²) in [5.74, 6) is -1.51. The lowest BCUT2D eigenvalue weighted by Gasteiger charge is -2.15. The van der Waals surface area contributed by atoms with Crippen LogP contribution in [0, 0.1) is 0 Å². The molecule has 4 nitrogen and oxygen atoms in total. The average molecular weight is 281 g/mol. The maximum absolute atomic E-state index is 12.2. The molecule has 4 heteroatoms. The molecule has 106 valence electrons. The van der Waals surface area contributed by atoms with E-state index in [0.717, 1.165) is 5.56 Å². The minimum absolute atomic E-state index is 0.177. The Morgan fingerprint density at radius 3 is 2.14 bits per heavy atom. The monoisotopic (exact) mass is 281 g/mol. The Morgan fingerprint density at radius 2 is 1.57 bits per heavy atom. The maximum atomic E-state index is 12.2. The van der Waals surface area contributed by atoms with Crippen LogP contribution in [0.5, 0.6) is 0 Å². The van der Waals surface area contributed by atoms with Crippen LogP contribution >= 0.6 is 0 Å². The standard InChI is InChI=1S/C17H15NO3/c19-15(13-9-5-2-6-10-13)18-17(16(20)21)11-14(17)12-7-3-1-4-8-12/h1-10,14H,11H2,(H,18,19)(H,20,21). The van der Waals surface area contributed by atoms with Gasteiger partial charge in [-0.15, -0.1) is 0 Å². The normalized spacial score (nSPS) is 23.3. The van der Waals surface area contributed by atoms with E-state index in [1.807, 2.05) is 36.4 Å². The maximum Gasteiger partial charge on any atom is 0.330 e. The molecule has 2 unspecified atom stereocenters. The van der Waals surface area contributed by atoms with Crippen LogP contribution in [0.15, 0.2) is 60.7 Å². The molecule has 2 N–H and O–H groups in total. The van der Waals surface area contributed by atoms with Crippen molar-refractivity contribution in [2.24, 2.45) is 0 Å². The highest BCUT2D eigenvalue weighted by atomic mass is 16.4. The Balaban J connectivity index is 1.82. The molecule has 0 heterocycles. The van der Waals surface area contributed by atoms with E-state index in [4.69, 9.17) is 0 Å². The number of rotatable bonds is 4. The van der Waals surface area contributed by atoms with Gasteiger partial charge in [0, 0.05) is 11.5 Å². The second-order valence-corrected chi connectivity index (χ2v) is 5.26. The van der Waals surface area contributed by atoms with Crippen LogP contribution in [0.3, 0.4) is 0 Å². The third kappa shape index (κ3) is 2.40. The van der Waals surface area contributed by atoms with Gasteiger partial charge in [0.05, 0.1) is 0 Å². The van der Waals surface area contributed by atoms with Crippen molar-refractivity contribution < 1.29 is 14.7 Å². The predicted octanol–water partition coefficient (Wildman–Crippen LogP) is 2.43. The Hall–Kier alpha value is -2.62. The molecule has 0 bridgehead atoms.